The Labute approximate surface area is 146 Å². The molecule has 0 radical (unpaired) electrons. The summed E-state index contributed by atoms with van der Waals surface area (Å²) in [6, 6.07) is 17.8. The Kier molecular flexibility index (Phi) is 5.08. The summed E-state index contributed by atoms with van der Waals surface area (Å²) in [6.07, 6.45) is 0. The molecule has 1 heterocycles. The minimum Gasteiger partial charge on any atom is -0.351 e. The molecule has 1 unspecified atom stereocenters. The van der Waals surface area contributed by atoms with Gasteiger partial charge in [0, 0.05) is 11.6 Å². The molecule has 3 rings (SSSR count). The van der Waals surface area contributed by atoms with E-state index in [1.54, 1.807) is 4.68 Å². The third-order valence-electron chi connectivity index (χ3n) is 3.80. The zero-order chi connectivity index (χ0) is 16.9. The van der Waals surface area contributed by atoms with Crippen LogP contribution in [0, 0.1) is 0 Å². The second kappa shape index (κ2) is 7.42. The smallest absolute Gasteiger partial charge is 0.247 e. The Balaban J connectivity index is 1.77. The molecule has 1 aromatic heterocycles. The molecule has 1 atom stereocenters. The molecule has 2 aromatic carbocycles. The molecule has 6 nitrogen and oxygen atoms in total. The predicted octanol–water partition coefficient (Wildman–Crippen LogP) is 3.03. The Morgan fingerprint density at radius 2 is 1.79 bits per heavy atom. The molecule has 0 aliphatic carbocycles. The van der Waals surface area contributed by atoms with Crippen molar-refractivity contribution < 1.29 is 0 Å². The Hall–Kier alpha value is -2.44. The summed E-state index contributed by atoms with van der Waals surface area (Å²) in [4.78, 5) is 2.15. The first-order valence-corrected chi connectivity index (χ1v) is 8.02. The molecule has 0 fully saturated rings. The van der Waals surface area contributed by atoms with Crippen LogP contribution in [-0.2, 0) is 0 Å². The number of tetrazole rings is 1. The van der Waals surface area contributed by atoms with Crippen molar-refractivity contribution in [2.45, 2.75) is 6.04 Å². The van der Waals surface area contributed by atoms with Crippen molar-refractivity contribution in [1.29, 1.82) is 0 Å². The minimum atomic E-state index is 0.170. The topological polar surface area (TPSA) is 58.9 Å². The van der Waals surface area contributed by atoms with Gasteiger partial charge >= 0.3 is 0 Å². The van der Waals surface area contributed by atoms with Crippen molar-refractivity contribution in [2.75, 3.05) is 26.0 Å². The van der Waals surface area contributed by atoms with Gasteiger partial charge in [0.2, 0.25) is 5.95 Å². The summed E-state index contributed by atoms with van der Waals surface area (Å²) in [6.45, 7) is 0.668. The zero-order valence-corrected chi connectivity index (χ0v) is 14.4. The van der Waals surface area contributed by atoms with Crippen LogP contribution in [-0.4, -0.2) is 45.7 Å². The molecule has 0 amide bonds. The van der Waals surface area contributed by atoms with E-state index in [0.29, 0.717) is 12.5 Å². The van der Waals surface area contributed by atoms with Gasteiger partial charge in [0.25, 0.3) is 0 Å². The first-order valence-electron chi connectivity index (χ1n) is 7.64. The number of hydrogen-bond acceptors (Lipinski definition) is 5. The Morgan fingerprint density at radius 1 is 1.08 bits per heavy atom. The number of anilines is 1. The number of nitrogens with zero attached hydrogens (tertiary/aromatic N) is 5. The van der Waals surface area contributed by atoms with Crippen molar-refractivity contribution in [1.82, 2.24) is 25.1 Å². The highest BCUT2D eigenvalue weighted by Crippen LogP contribution is 2.21. The number of para-hydroxylation sites is 1. The summed E-state index contributed by atoms with van der Waals surface area (Å²) in [5.41, 5.74) is 2.09. The number of rotatable bonds is 6. The first-order chi connectivity index (χ1) is 11.6. The highest BCUT2D eigenvalue weighted by Gasteiger charge is 2.16. The standard InChI is InChI=1S/C17H19ClN6/c1-23(2)16(13-8-10-14(18)11-9-13)12-19-17-20-21-22-24(17)15-6-4-3-5-7-15/h3-11,16H,12H2,1-2H3,(H,19,20,22). The lowest BCUT2D eigenvalue weighted by molar-refractivity contribution is 0.311. The summed E-state index contributed by atoms with van der Waals surface area (Å²) in [7, 11) is 4.09. The van der Waals surface area contributed by atoms with Gasteiger partial charge < -0.3 is 10.2 Å². The number of aromatic nitrogens is 4. The monoisotopic (exact) mass is 342 g/mol. The fraction of sp³-hybridized carbons (Fsp3) is 0.235. The van der Waals surface area contributed by atoms with Crippen LogP contribution in [0.1, 0.15) is 11.6 Å². The molecule has 0 spiro atoms. The summed E-state index contributed by atoms with van der Waals surface area (Å²) >= 11 is 5.98. The van der Waals surface area contributed by atoms with Crippen LogP contribution >= 0.6 is 11.6 Å². The largest absolute Gasteiger partial charge is 0.351 e. The van der Waals surface area contributed by atoms with Crippen LogP contribution in [0.2, 0.25) is 5.02 Å². The lowest BCUT2D eigenvalue weighted by Crippen LogP contribution is -2.27. The molecule has 7 heteroatoms. The average Bonchev–Trinajstić information content (AvgIpc) is 3.06. The van der Waals surface area contributed by atoms with Gasteiger partial charge in [-0.25, -0.2) is 0 Å². The molecule has 3 aromatic rings. The minimum absolute atomic E-state index is 0.170. The van der Waals surface area contributed by atoms with E-state index in [0.717, 1.165) is 10.7 Å². The van der Waals surface area contributed by atoms with E-state index in [1.807, 2.05) is 68.7 Å². The van der Waals surface area contributed by atoms with Gasteiger partial charge in [-0.3, -0.25) is 0 Å². The van der Waals surface area contributed by atoms with Crippen LogP contribution in [0.3, 0.4) is 0 Å². The van der Waals surface area contributed by atoms with E-state index >= 15 is 0 Å². The molecule has 24 heavy (non-hydrogen) atoms. The second-order valence-electron chi connectivity index (χ2n) is 5.66. The van der Waals surface area contributed by atoms with E-state index in [4.69, 9.17) is 11.6 Å². The second-order valence-corrected chi connectivity index (χ2v) is 6.10. The highest BCUT2D eigenvalue weighted by molar-refractivity contribution is 6.30. The van der Waals surface area contributed by atoms with Gasteiger partial charge in [-0.15, -0.1) is 0 Å². The van der Waals surface area contributed by atoms with E-state index in [-0.39, 0.29) is 6.04 Å². The van der Waals surface area contributed by atoms with Crippen LogP contribution < -0.4 is 5.32 Å². The van der Waals surface area contributed by atoms with Gasteiger partial charge in [0.15, 0.2) is 0 Å². The van der Waals surface area contributed by atoms with E-state index in [2.05, 4.69) is 25.7 Å². The van der Waals surface area contributed by atoms with Crippen molar-refractivity contribution in [3.05, 3.63) is 65.2 Å². The number of nitrogens with one attached hydrogen (secondary N) is 1. The van der Waals surface area contributed by atoms with E-state index in [9.17, 15) is 0 Å². The summed E-state index contributed by atoms with van der Waals surface area (Å²) in [5, 5.41) is 16.0. The maximum Gasteiger partial charge on any atom is 0.247 e. The molecule has 0 aliphatic rings. The lowest BCUT2D eigenvalue weighted by atomic mass is 10.1. The Morgan fingerprint density at radius 3 is 2.46 bits per heavy atom. The molecule has 124 valence electrons. The van der Waals surface area contributed by atoms with Crippen molar-refractivity contribution >= 4 is 17.5 Å². The van der Waals surface area contributed by atoms with Crippen LogP contribution in [0.5, 0.6) is 0 Å². The number of benzene rings is 2. The number of likely N-dealkylation sites (N-methyl/N-ethyl adjacent to an activating group) is 1. The van der Waals surface area contributed by atoms with E-state index < -0.39 is 0 Å². The first kappa shape index (κ1) is 16.4. The summed E-state index contributed by atoms with van der Waals surface area (Å²) in [5.74, 6) is 0.613. The third-order valence-corrected chi connectivity index (χ3v) is 4.05. The Bertz CT molecular complexity index is 769. The molecule has 0 bridgehead atoms. The zero-order valence-electron chi connectivity index (χ0n) is 13.6. The predicted molar refractivity (Wildman–Crippen MR) is 95.5 cm³/mol. The van der Waals surface area contributed by atoms with Gasteiger partial charge in [-0.05, 0) is 54.4 Å². The van der Waals surface area contributed by atoms with Crippen LogP contribution in [0.4, 0.5) is 5.95 Å². The van der Waals surface area contributed by atoms with Gasteiger partial charge in [-0.1, -0.05) is 47.0 Å². The summed E-state index contributed by atoms with van der Waals surface area (Å²) < 4.78 is 1.69. The van der Waals surface area contributed by atoms with Crippen molar-refractivity contribution in [3.8, 4) is 5.69 Å². The lowest BCUT2D eigenvalue weighted by Gasteiger charge is -2.25. The normalized spacial score (nSPS) is 12.3. The highest BCUT2D eigenvalue weighted by atomic mass is 35.5. The molecule has 1 N–H and O–H groups in total. The van der Waals surface area contributed by atoms with Crippen molar-refractivity contribution in [2.24, 2.45) is 0 Å². The molecule has 0 saturated heterocycles. The third kappa shape index (κ3) is 3.72. The maximum atomic E-state index is 5.98. The molecule has 0 aliphatic heterocycles. The molecule has 0 saturated carbocycles. The molecular formula is C17H19ClN6. The van der Waals surface area contributed by atoms with Crippen LogP contribution in [0.25, 0.3) is 5.69 Å². The van der Waals surface area contributed by atoms with Gasteiger partial charge in [-0.2, -0.15) is 4.68 Å². The van der Waals surface area contributed by atoms with Crippen molar-refractivity contribution in [3.63, 3.8) is 0 Å². The van der Waals surface area contributed by atoms with Gasteiger partial charge in [0.05, 0.1) is 11.7 Å². The number of halogens is 1. The fourth-order valence-corrected chi connectivity index (χ4v) is 2.64. The quantitative estimate of drug-likeness (QED) is 0.746. The molecular weight excluding hydrogens is 324 g/mol. The van der Waals surface area contributed by atoms with Gasteiger partial charge in [0.1, 0.15) is 0 Å². The van der Waals surface area contributed by atoms with E-state index in [1.165, 1.54) is 5.56 Å². The SMILES string of the molecule is CN(C)C(CNc1nnnn1-c1ccccc1)c1ccc(Cl)cc1. The average molecular weight is 343 g/mol. The number of hydrogen-bond donors (Lipinski definition) is 1. The fourth-order valence-electron chi connectivity index (χ4n) is 2.51. The maximum absolute atomic E-state index is 5.98. The van der Waals surface area contributed by atoms with Crippen LogP contribution in [0.15, 0.2) is 54.6 Å².